The van der Waals surface area contributed by atoms with Gasteiger partial charge in [0.05, 0.1) is 6.04 Å². The molecule has 9 N–H and O–H groups in total. The number of carbonyl (C=O) groups excluding carboxylic acids is 3. The van der Waals surface area contributed by atoms with Crippen LogP contribution in [0.2, 0.25) is 0 Å². The van der Waals surface area contributed by atoms with E-state index in [9.17, 15) is 39.0 Å². The molecule has 2 aromatic carbocycles. The number of benzene rings is 2. The number of aromatic amines is 1. The number of carboxylic acid groups (broad SMARTS) is 3. The van der Waals surface area contributed by atoms with Gasteiger partial charge in [-0.2, -0.15) is 0 Å². The summed E-state index contributed by atoms with van der Waals surface area (Å²) in [6.45, 7) is 0. The van der Waals surface area contributed by atoms with Gasteiger partial charge < -0.3 is 42.0 Å². The van der Waals surface area contributed by atoms with Crippen molar-refractivity contribution in [3.05, 3.63) is 71.9 Å². The Hall–Kier alpha value is -5.24. The molecule has 4 unspecified atom stereocenters. The highest BCUT2D eigenvalue weighted by Crippen LogP contribution is 2.19. The lowest BCUT2D eigenvalue weighted by molar-refractivity contribution is -0.144. The topological polar surface area (TPSA) is 241 Å². The van der Waals surface area contributed by atoms with Crippen LogP contribution in [-0.4, -0.2) is 80.1 Å². The van der Waals surface area contributed by atoms with Crippen LogP contribution in [0.25, 0.3) is 10.9 Å². The Balaban J connectivity index is 1.78. The summed E-state index contributed by atoms with van der Waals surface area (Å²) in [4.78, 5) is 76.6. The number of amides is 3. The Kier molecular flexibility index (Phi) is 12.0. The van der Waals surface area contributed by atoms with Gasteiger partial charge in [0.25, 0.3) is 0 Å². The maximum absolute atomic E-state index is 13.5. The van der Waals surface area contributed by atoms with E-state index in [0.29, 0.717) is 5.56 Å². The van der Waals surface area contributed by atoms with Gasteiger partial charge in [-0.15, -0.1) is 0 Å². The lowest BCUT2D eigenvalue weighted by atomic mass is 10.0. The highest BCUT2D eigenvalue weighted by Gasteiger charge is 2.31. The van der Waals surface area contributed by atoms with E-state index in [1.807, 2.05) is 24.3 Å². The van der Waals surface area contributed by atoms with E-state index >= 15 is 0 Å². The van der Waals surface area contributed by atoms with Gasteiger partial charge in [-0.05, 0) is 36.5 Å². The summed E-state index contributed by atoms with van der Waals surface area (Å²) in [5.74, 6) is -6.53. The molecule has 44 heavy (non-hydrogen) atoms. The fourth-order valence-electron chi connectivity index (χ4n) is 4.57. The maximum Gasteiger partial charge on any atom is 0.326 e. The molecule has 3 rings (SSSR count). The number of hydrogen-bond donors (Lipinski definition) is 8. The van der Waals surface area contributed by atoms with E-state index < -0.39 is 85.5 Å². The van der Waals surface area contributed by atoms with Crippen LogP contribution in [0.5, 0.6) is 0 Å². The molecule has 234 valence electrons. The van der Waals surface area contributed by atoms with E-state index in [1.54, 1.807) is 36.5 Å². The van der Waals surface area contributed by atoms with Gasteiger partial charge in [0.2, 0.25) is 17.7 Å². The molecular weight excluding hydrogens is 574 g/mol. The minimum atomic E-state index is -1.59. The van der Waals surface area contributed by atoms with E-state index in [1.165, 1.54) is 0 Å². The lowest BCUT2D eigenvalue weighted by Crippen LogP contribution is -2.57. The second kappa shape index (κ2) is 15.8. The smallest absolute Gasteiger partial charge is 0.326 e. The second-order valence-corrected chi connectivity index (χ2v) is 10.2. The van der Waals surface area contributed by atoms with Crippen molar-refractivity contribution in [1.82, 2.24) is 20.9 Å². The fraction of sp³-hybridized carbons (Fsp3) is 0.333. The molecule has 0 aliphatic heterocycles. The number of nitrogens with two attached hydrogens (primary N) is 1. The molecule has 0 saturated carbocycles. The predicted octanol–water partition coefficient (Wildman–Crippen LogP) is 0.549. The van der Waals surface area contributed by atoms with Gasteiger partial charge in [-0.1, -0.05) is 48.5 Å². The van der Waals surface area contributed by atoms with E-state index in [4.69, 9.17) is 10.8 Å². The normalized spacial score (nSPS) is 13.7. The molecule has 14 nitrogen and oxygen atoms in total. The monoisotopic (exact) mass is 609 g/mol. The van der Waals surface area contributed by atoms with E-state index in [0.717, 1.165) is 16.5 Å². The van der Waals surface area contributed by atoms with Crippen LogP contribution in [0.1, 0.15) is 36.8 Å². The maximum atomic E-state index is 13.5. The molecule has 0 saturated heterocycles. The van der Waals surface area contributed by atoms with Crippen molar-refractivity contribution < 1.29 is 44.1 Å². The fourth-order valence-corrected chi connectivity index (χ4v) is 4.57. The SMILES string of the molecule is NC(Cc1c[nH]c2ccccc12)C(=O)NC(Cc1ccccc1)C(=O)NC(CCC(=O)O)C(=O)NC(CCC(=O)O)C(=O)O. The van der Waals surface area contributed by atoms with Crippen molar-refractivity contribution in [3.8, 4) is 0 Å². The first-order valence-electron chi connectivity index (χ1n) is 13.9. The molecule has 0 aliphatic rings. The highest BCUT2D eigenvalue weighted by atomic mass is 16.4. The predicted molar refractivity (Wildman–Crippen MR) is 157 cm³/mol. The first kappa shape index (κ1) is 33.3. The second-order valence-electron chi connectivity index (χ2n) is 10.2. The number of carboxylic acids is 3. The van der Waals surface area contributed by atoms with Crippen molar-refractivity contribution in [2.75, 3.05) is 0 Å². The van der Waals surface area contributed by atoms with E-state index in [2.05, 4.69) is 20.9 Å². The summed E-state index contributed by atoms with van der Waals surface area (Å²) >= 11 is 0. The van der Waals surface area contributed by atoms with Crippen molar-refractivity contribution in [3.63, 3.8) is 0 Å². The standard InChI is InChI=1S/C30H35N5O9/c31-20(15-18-16-32-21-9-5-4-8-19(18)21)27(40)35-24(14-17-6-2-1-3-7-17)29(42)33-22(10-12-25(36)37)28(41)34-23(30(43)44)11-13-26(38)39/h1-9,16,20,22-24,32H,10-15,31H2,(H,33,42)(H,34,41)(H,35,40)(H,36,37)(H,38,39)(H,43,44). The van der Waals surface area contributed by atoms with Crippen molar-refractivity contribution in [1.29, 1.82) is 0 Å². The molecule has 0 radical (unpaired) electrons. The summed E-state index contributed by atoms with van der Waals surface area (Å²) in [6, 6.07) is 10.8. The minimum absolute atomic E-state index is 0.00184. The van der Waals surface area contributed by atoms with Gasteiger partial charge in [0.1, 0.15) is 18.1 Å². The molecule has 0 spiro atoms. The van der Waals surface area contributed by atoms with Crippen LogP contribution in [0, 0.1) is 0 Å². The number of fused-ring (bicyclic) bond motifs is 1. The number of para-hydroxylation sites is 1. The average Bonchev–Trinajstić information content (AvgIpc) is 3.39. The third-order valence-electron chi connectivity index (χ3n) is 6.91. The van der Waals surface area contributed by atoms with Crippen LogP contribution < -0.4 is 21.7 Å². The molecule has 4 atom stereocenters. The van der Waals surface area contributed by atoms with Crippen LogP contribution in [0.4, 0.5) is 0 Å². The number of rotatable bonds is 17. The summed E-state index contributed by atoms with van der Waals surface area (Å²) < 4.78 is 0. The lowest BCUT2D eigenvalue weighted by Gasteiger charge is -2.25. The highest BCUT2D eigenvalue weighted by molar-refractivity contribution is 5.95. The molecule has 0 bridgehead atoms. The first-order chi connectivity index (χ1) is 20.9. The van der Waals surface area contributed by atoms with Crippen molar-refractivity contribution in [2.24, 2.45) is 5.73 Å². The third-order valence-corrected chi connectivity index (χ3v) is 6.91. The Morgan fingerprint density at radius 1 is 0.682 bits per heavy atom. The zero-order valence-electron chi connectivity index (χ0n) is 23.7. The van der Waals surface area contributed by atoms with Crippen LogP contribution >= 0.6 is 0 Å². The first-order valence-corrected chi connectivity index (χ1v) is 13.9. The van der Waals surface area contributed by atoms with Crippen LogP contribution in [0.15, 0.2) is 60.8 Å². The Labute approximate surface area is 252 Å². The number of aromatic nitrogens is 1. The minimum Gasteiger partial charge on any atom is -0.481 e. The van der Waals surface area contributed by atoms with Gasteiger partial charge in [0, 0.05) is 36.4 Å². The largest absolute Gasteiger partial charge is 0.481 e. The summed E-state index contributed by atoms with van der Waals surface area (Å²) in [7, 11) is 0. The Bertz CT molecular complexity index is 1490. The van der Waals surface area contributed by atoms with E-state index in [-0.39, 0.29) is 12.8 Å². The zero-order valence-corrected chi connectivity index (χ0v) is 23.7. The molecule has 3 aromatic rings. The van der Waals surface area contributed by atoms with Gasteiger partial charge in [0.15, 0.2) is 0 Å². The molecule has 1 heterocycles. The molecule has 0 fully saturated rings. The van der Waals surface area contributed by atoms with Crippen LogP contribution in [-0.2, 0) is 41.6 Å². The molecular formula is C30H35N5O9. The summed E-state index contributed by atoms with van der Waals surface area (Å²) in [5.41, 5.74) is 8.56. The van der Waals surface area contributed by atoms with Crippen molar-refractivity contribution >= 4 is 46.5 Å². The Morgan fingerprint density at radius 3 is 1.86 bits per heavy atom. The zero-order chi connectivity index (χ0) is 32.2. The average molecular weight is 610 g/mol. The number of aliphatic carboxylic acids is 3. The number of nitrogens with one attached hydrogen (secondary N) is 4. The molecule has 3 amide bonds. The number of hydrogen-bond acceptors (Lipinski definition) is 7. The Morgan fingerprint density at radius 2 is 1.23 bits per heavy atom. The molecule has 14 heteroatoms. The molecule has 1 aromatic heterocycles. The number of H-pyrrole nitrogens is 1. The van der Waals surface area contributed by atoms with Crippen molar-refractivity contribution in [2.45, 2.75) is 62.7 Å². The van der Waals surface area contributed by atoms with Gasteiger partial charge >= 0.3 is 17.9 Å². The molecule has 0 aliphatic carbocycles. The van der Waals surface area contributed by atoms with Gasteiger partial charge in [-0.25, -0.2) is 4.79 Å². The summed E-state index contributed by atoms with van der Waals surface area (Å²) in [6.07, 6.45) is -0.0164. The summed E-state index contributed by atoms with van der Waals surface area (Å²) in [5, 5.41) is 35.6. The third kappa shape index (κ3) is 9.94. The quantitative estimate of drug-likeness (QED) is 0.106. The number of carbonyl (C=O) groups is 6. The van der Waals surface area contributed by atoms with Crippen LogP contribution in [0.3, 0.4) is 0 Å². The van der Waals surface area contributed by atoms with Gasteiger partial charge in [-0.3, -0.25) is 24.0 Å².